The van der Waals surface area contributed by atoms with Crippen molar-refractivity contribution >= 4 is 17.3 Å². The number of alkyl halides is 4. The number of rotatable bonds is 5. The van der Waals surface area contributed by atoms with E-state index < -0.39 is 29.9 Å². The Kier molecular flexibility index (Phi) is 5.06. The molecule has 1 amide bonds. The number of hydrogen-bond acceptors (Lipinski definition) is 5. The van der Waals surface area contributed by atoms with E-state index in [2.05, 4.69) is 15.2 Å². The largest absolute Gasteiger partial charge is 0.461 e. The van der Waals surface area contributed by atoms with Gasteiger partial charge in [0.1, 0.15) is 11.8 Å². The molecule has 0 saturated heterocycles. The Bertz CT molecular complexity index is 581. The predicted molar refractivity (Wildman–Crippen MR) is 61.5 cm³/mol. The molecule has 0 radical (unpaired) electrons. The van der Waals surface area contributed by atoms with Crippen molar-refractivity contribution in [2.24, 2.45) is 5.16 Å². The van der Waals surface area contributed by atoms with Crippen LogP contribution < -0.4 is 10.1 Å². The van der Waals surface area contributed by atoms with E-state index in [9.17, 15) is 22.4 Å². The van der Waals surface area contributed by atoms with Crippen LogP contribution in [0.3, 0.4) is 0 Å². The Hall–Kier alpha value is -2.83. The van der Waals surface area contributed by atoms with Gasteiger partial charge in [-0.1, -0.05) is 5.16 Å². The van der Waals surface area contributed by atoms with Gasteiger partial charge in [0.05, 0.1) is 0 Å². The summed E-state index contributed by atoms with van der Waals surface area (Å²) in [6.45, 7) is 0. The lowest BCUT2D eigenvalue weighted by molar-refractivity contribution is -0.253. The van der Waals surface area contributed by atoms with Crippen LogP contribution in [0.4, 0.5) is 23.2 Å². The van der Waals surface area contributed by atoms with Gasteiger partial charge in [0.15, 0.2) is 0 Å². The summed E-state index contributed by atoms with van der Waals surface area (Å²) < 4.78 is 52.9. The van der Waals surface area contributed by atoms with Crippen molar-refractivity contribution in [3.05, 3.63) is 24.3 Å². The molecule has 21 heavy (non-hydrogen) atoms. The zero-order valence-electron chi connectivity index (χ0n) is 10.1. The molecule has 0 aliphatic rings. The van der Waals surface area contributed by atoms with E-state index in [0.29, 0.717) is 0 Å². The van der Waals surface area contributed by atoms with Gasteiger partial charge in [-0.05, 0) is 24.3 Å². The number of nitrogens with one attached hydrogen (secondary N) is 1. The van der Waals surface area contributed by atoms with Crippen LogP contribution in [0, 0.1) is 11.3 Å². The number of carbonyl (C=O) groups is 1. The van der Waals surface area contributed by atoms with Crippen molar-refractivity contribution in [1.29, 1.82) is 5.26 Å². The molecule has 1 aromatic rings. The highest BCUT2D eigenvalue weighted by atomic mass is 19.3. The summed E-state index contributed by atoms with van der Waals surface area (Å²) in [5.41, 5.74) is -0.774. The smallest absolute Gasteiger partial charge is 0.428 e. The number of oxime groups is 1. The maximum Gasteiger partial charge on any atom is 0.461 e. The molecule has 0 bridgehead atoms. The molecule has 0 heterocycles. The fraction of sp³-hybridized carbons (Fsp3) is 0.182. The first-order valence-corrected chi connectivity index (χ1v) is 5.18. The molecule has 0 saturated carbocycles. The molecule has 10 heteroatoms. The number of amides is 1. The molecule has 112 valence electrons. The number of ether oxygens (including phenoxy) is 1. The maximum atomic E-state index is 12.6. The van der Waals surface area contributed by atoms with Gasteiger partial charge in [0, 0.05) is 5.69 Å². The van der Waals surface area contributed by atoms with Crippen LogP contribution in [0.25, 0.3) is 0 Å². The van der Waals surface area contributed by atoms with Gasteiger partial charge in [-0.2, -0.15) is 22.8 Å². The summed E-state index contributed by atoms with van der Waals surface area (Å²) >= 11 is 0. The van der Waals surface area contributed by atoms with E-state index in [1.165, 1.54) is 6.07 Å². The zero-order valence-corrected chi connectivity index (χ0v) is 10.1. The lowest BCUT2D eigenvalue weighted by Gasteiger charge is -2.16. The average Bonchev–Trinajstić information content (AvgIpc) is 2.42. The van der Waals surface area contributed by atoms with Crippen LogP contribution in [0.2, 0.25) is 0 Å². The number of hydrogen-bond donors (Lipinski definition) is 2. The maximum absolute atomic E-state index is 12.6. The molecule has 0 aromatic heterocycles. The number of carbonyl (C=O) groups excluding carboxylic acids is 1. The van der Waals surface area contributed by atoms with Crippen molar-refractivity contribution in [2.75, 3.05) is 5.32 Å². The highest BCUT2D eigenvalue weighted by Gasteiger charge is 2.43. The standard InChI is InChI=1S/C11H7F4N3O3/c12-10(13)11(14,15)21-7-3-1-6(2-4-7)17-9(19)8(5-16)18-20/h1-4,10,20H,(H,17,19)/b18-8-. The molecule has 0 unspecified atom stereocenters. The minimum absolute atomic E-state index is 0.0455. The second-order valence-electron chi connectivity index (χ2n) is 3.50. The molecule has 0 spiro atoms. The Morgan fingerprint density at radius 1 is 1.38 bits per heavy atom. The molecular formula is C11H7F4N3O3. The van der Waals surface area contributed by atoms with Gasteiger partial charge >= 0.3 is 12.5 Å². The number of nitriles is 1. The molecule has 6 nitrogen and oxygen atoms in total. The van der Waals surface area contributed by atoms with Crippen molar-refractivity contribution in [3.8, 4) is 11.8 Å². The first-order chi connectivity index (χ1) is 9.80. The second-order valence-corrected chi connectivity index (χ2v) is 3.50. The fourth-order valence-electron chi connectivity index (χ4n) is 1.12. The van der Waals surface area contributed by atoms with Gasteiger partial charge in [0.25, 0.3) is 5.91 Å². The van der Waals surface area contributed by atoms with Crippen LogP contribution in [0.5, 0.6) is 5.75 Å². The topological polar surface area (TPSA) is 94.7 Å². The molecule has 0 aliphatic heterocycles. The SMILES string of the molecule is N#C/C(=N/O)C(=O)Nc1ccc(OC(F)(F)C(F)F)cc1. The number of nitrogens with zero attached hydrogens (tertiary/aromatic N) is 2. The van der Waals surface area contributed by atoms with E-state index in [0.717, 1.165) is 24.3 Å². The lowest BCUT2D eigenvalue weighted by atomic mass is 10.3. The van der Waals surface area contributed by atoms with Gasteiger partial charge in [-0.25, -0.2) is 0 Å². The third-order valence-corrected chi connectivity index (χ3v) is 2.04. The van der Waals surface area contributed by atoms with Crippen molar-refractivity contribution in [1.82, 2.24) is 0 Å². The third kappa shape index (κ3) is 4.34. The number of benzene rings is 1. The monoisotopic (exact) mass is 305 g/mol. The van der Waals surface area contributed by atoms with E-state index in [-0.39, 0.29) is 5.69 Å². The van der Waals surface area contributed by atoms with Crippen molar-refractivity contribution < 1.29 is 32.3 Å². The summed E-state index contributed by atoms with van der Waals surface area (Å²) in [5.74, 6) is -1.58. The fourth-order valence-corrected chi connectivity index (χ4v) is 1.12. The summed E-state index contributed by atoms with van der Waals surface area (Å²) in [5, 5.41) is 21.3. The van der Waals surface area contributed by atoms with Crippen LogP contribution in [0.15, 0.2) is 29.4 Å². The Morgan fingerprint density at radius 2 is 1.95 bits per heavy atom. The Balaban J connectivity index is 2.76. The van der Waals surface area contributed by atoms with Crippen LogP contribution in [-0.4, -0.2) is 29.4 Å². The Morgan fingerprint density at radius 3 is 2.38 bits per heavy atom. The molecule has 0 aliphatic carbocycles. The summed E-state index contributed by atoms with van der Waals surface area (Å²) in [4.78, 5) is 11.3. The minimum atomic E-state index is -4.64. The van der Waals surface area contributed by atoms with E-state index >= 15 is 0 Å². The van der Waals surface area contributed by atoms with Gasteiger partial charge in [0.2, 0.25) is 5.71 Å². The first-order valence-electron chi connectivity index (χ1n) is 5.18. The van der Waals surface area contributed by atoms with Crippen molar-refractivity contribution in [3.63, 3.8) is 0 Å². The third-order valence-electron chi connectivity index (χ3n) is 2.04. The molecular weight excluding hydrogens is 298 g/mol. The quantitative estimate of drug-likeness (QED) is 0.377. The summed E-state index contributed by atoms with van der Waals surface area (Å²) in [7, 11) is 0. The normalized spacial score (nSPS) is 11.9. The molecule has 1 aromatic carbocycles. The summed E-state index contributed by atoms with van der Waals surface area (Å²) in [6, 6.07) is 5.27. The van der Waals surface area contributed by atoms with Crippen LogP contribution in [-0.2, 0) is 4.79 Å². The molecule has 0 atom stereocenters. The Labute approximate surface area is 115 Å². The highest BCUT2D eigenvalue weighted by Crippen LogP contribution is 2.28. The predicted octanol–water partition coefficient (Wildman–Crippen LogP) is 2.22. The second kappa shape index (κ2) is 6.56. The van der Waals surface area contributed by atoms with Gasteiger partial charge in [-0.15, -0.1) is 0 Å². The van der Waals surface area contributed by atoms with E-state index in [4.69, 9.17) is 10.5 Å². The lowest BCUT2D eigenvalue weighted by Crippen LogP contribution is -2.33. The van der Waals surface area contributed by atoms with E-state index in [1.807, 2.05) is 0 Å². The van der Waals surface area contributed by atoms with Crippen LogP contribution >= 0.6 is 0 Å². The van der Waals surface area contributed by atoms with Crippen molar-refractivity contribution in [2.45, 2.75) is 12.5 Å². The zero-order chi connectivity index (χ0) is 16.0. The number of halogens is 4. The van der Waals surface area contributed by atoms with Crippen LogP contribution in [0.1, 0.15) is 0 Å². The molecule has 2 N–H and O–H groups in total. The van der Waals surface area contributed by atoms with Gasteiger partial charge < -0.3 is 15.3 Å². The minimum Gasteiger partial charge on any atom is -0.428 e. The summed E-state index contributed by atoms with van der Waals surface area (Å²) in [6.07, 6.45) is -8.63. The van der Waals surface area contributed by atoms with Gasteiger partial charge in [-0.3, -0.25) is 4.79 Å². The average molecular weight is 305 g/mol. The number of anilines is 1. The molecule has 1 rings (SSSR count). The highest BCUT2D eigenvalue weighted by molar-refractivity contribution is 6.48. The van der Waals surface area contributed by atoms with E-state index in [1.54, 1.807) is 0 Å². The molecule has 0 fully saturated rings. The first kappa shape index (κ1) is 16.2.